The average molecular weight is 368 g/mol. The van der Waals surface area contributed by atoms with Gasteiger partial charge in [0.25, 0.3) is 0 Å². The fraction of sp³-hybridized carbons (Fsp3) is 0.857. The lowest BCUT2D eigenvalue weighted by Gasteiger charge is -2.01. The molecule has 0 aliphatic heterocycles. The zero-order valence-electron chi connectivity index (χ0n) is 11.1. The molecule has 18 heavy (non-hydrogen) atoms. The lowest BCUT2D eigenvalue weighted by Crippen LogP contribution is -1.97. The van der Waals surface area contributed by atoms with Crippen molar-refractivity contribution in [2.45, 2.75) is 70.6 Å². The maximum Gasteiger partial charge on any atom is 0.303 e. The van der Waals surface area contributed by atoms with Gasteiger partial charge < -0.3 is 5.11 Å². The first-order valence-corrected chi connectivity index (χ1v) is 8.49. The molecule has 0 saturated carbocycles. The number of Topliss-reactive ketones (excluding diaryl/α,β-unsaturated/α-hetero) is 1. The molecular formula is C14H25IO3. The molecule has 0 aliphatic rings. The lowest BCUT2D eigenvalue weighted by molar-refractivity contribution is -0.137. The summed E-state index contributed by atoms with van der Waals surface area (Å²) < 4.78 is 1.14. The van der Waals surface area contributed by atoms with Crippen molar-refractivity contribution in [3.63, 3.8) is 0 Å². The van der Waals surface area contributed by atoms with Crippen LogP contribution in [0.2, 0.25) is 0 Å². The second kappa shape index (κ2) is 13.3. The molecule has 1 N–H and O–H groups in total. The highest BCUT2D eigenvalue weighted by atomic mass is 127. The highest BCUT2D eigenvalue weighted by Gasteiger charge is 2.01. The minimum absolute atomic E-state index is 0.287. The molecule has 0 aromatic heterocycles. The summed E-state index contributed by atoms with van der Waals surface area (Å²) in [5, 5.41) is 8.47. The van der Waals surface area contributed by atoms with Gasteiger partial charge in [-0.05, 0) is 30.1 Å². The Balaban J connectivity index is 3.15. The van der Waals surface area contributed by atoms with Gasteiger partial charge in [0.2, 0.25) is 0 Å². The summed E-state index contributed by atoms with van der Waals surface area (Å²) in [5.41, 5.74) is 0. The van der Waals surface area contributed by atoms with Gasteiger partial charge in [-0.3, -0.25) is 9.59 Å². The number of hydrogen-bond acceptors (Lipinski definition) is 2. The number of carbonyl (C=O) groups is 2. The maximum absolute atomic E-state index is 11.5. The van der Waals surface area contributed by atoms with Crippen LogP contribution in [-0.2, 0) is 9.59 Å². The highest BCUT2D eigenvalue weighted by molar-refractivity contribution is 14.1. The summed E-state index contributed by atoms with van der Waals surface area (Å²) in [6.45, 7) is 0. The molecule has 3 nitrogen and oxygen atoms in total. The molecule has 0 aromatic carbocycles. The van der Waals surface area contributed by atoms with Crippen LogP contribution >= 0.6 is 22.6 Å². The van der Waals surface area contributed by atoms with Gasteiger partial charge in [0.05, 0.1) is 0 Å². The molecule has 0 aromatic rings. The Bertz CT molecular complexity index is 229. The molecule has 0 bridgehead atoms. The zero-order valence-corrected chi connectivity index (χ0v) is 13.3. The van der Waals surface area contributed by atoms with E-state index in [0.717, 1.165) is 68.6 Å². The molecule has 0 fully saturated rings. The molecule has 4 heteroatoms. The molecule has 0 unspecified atom stereocenters. The summed E-state index contributed by atoms with van der Waals surface area (Å²) in [6.07, 6.45) is 10.1. The van der Waals surface area contributed by atoms with Gasteiger partial charge in [-0.15, -0.1) is 0 Å². The van der Waals surface area contributed by atoms with Crippen LogP contribution < -0.4 is 0 Å². The Kier molecular flexibility index (Phi) is 13.2. The van der Waals surface area contributed by atoms with E-state index in [4.69, 9.17) is 5.11 Å². The van der Waals surface area contributed by atoms with Gasteiger partial charge in [0, 0.05) is 19.3 Å². The fourth-order valence-electron chi connectivity index (χ4n) is 1.85. The van der Waals surface area contributed by atoms with Gasteiger partial charge in [-0.25, -0.2) is 0 Å². The van der Waals surface area contributed by atoms with Crippen molar-refractivity contribution in [1.29, 1.82) is 0 Å². The Morgan fingerprint density at radius 1 is 0.722 bits per heavy atom. The quantitative estimate of drug-likeness (QED) is 0.298. The predicted octanol–water partition coefficient (Wildman–Crippen LogP) is 4.37. The first-order chi connectivity index (χ1) is 8.66. The van der Waals surface area contributed by atoms with E-state index < -0.39 is 5.97 Å². The van der Waals surface area contributed by atoms with E-state index in [1.54, 1.807) is 0 Å². The van der Waals surface area contributed by atoms with Crippen LogP contribution in [0, 0.1) is 0 Å². The first kappa shape index (κ1) is 17.9. The van der Waals surface area contributed by atoms with Crippen LogP contribution in [0.4, 0.5) is 0 Å². The van der Waals surface area contributed by atoms with Crippen LogP contribution in [0.5, 0.6) is 0 Å². The summed E-state index contributed by atoms with van der Waals surface area (Å²) in [7, 11) is 0. The SMILES string of the molecule is O=C(O)CCCCCCCCC(=O)CCCCI. The van der Waals surface area contributed by atoms with E-state index in [1.807, 2.05) is 0 Å². The Hall–Kier alpha value is -0.130. The van der Waals surface area contributed by atoms with Gasteiger partial charge in [0.1, 0.15) is 5.78 Å². The summed E-state index contributed by atoms with van der Waals surface area (Å²) >= 11 is 2.34. The third-order valence-corrected chi connectivity index (χ3v) is 3.70. The van der Waals surface area contributed by atoms with Crippen LogP contribution in [0.25, 0.3) is 0 Å². The standard InChI is InChI=1S/C14H25IO3/c15-12-8-7-10-13(16)9-5-3-1-2-4-6-11-14(17)18/h1-12H2,(H,17,18). The number of alkyl halides is 1. The monoisotopic (exact) mass is 368 g/mol. The normalized spacial score (nSPS) is 10.5. The molecule has 0 aliphatic carbocycles. The minimum Gasteiger partial charge on any atom is -0.481 e. The number of carboxylic acid groups (broad SMARTS) is 1. The number of carboxylic acids is 1. The fourth-order valence-corrected chi connectivity index (χ4v) is 2.39. The Labute approximate surface area is 124 Å². The van der Waals surface area contributed by atoms with Gasteiger partial charge in [-0.2, -0.15) is 0 Å². The molecule has 0 saturated heterocycles. The lowest BCUT2D eigenvalue weighted by atomic mass is 10.0. The second-order valence-corrected chi connectivity index (χ2v) is 5.78. The molecule has 0 radical (unpaired) electrons. The third kappa shape index (κ3) is 13.9. The van der Waals surface area contributed by atoms with Gasteiger partial charge in [-0.1, -0.05) is 48.3 Å². The van der Waals surface area contributed by atoms with E-state index in [0.29, 0.717) is 5.78 Å². The van der Waals surface area contributed by atoms with Crippen molar-refractivity contribution in [3.05, 3.63) is 0 Å². The summed E-state index contributed by atoms with van der Waals surface area (Å²) in [6, 6.07) is 0. The van der Waals surface area contributed by atoms with E-state index in [-0.39, 0.29) is 6.42 Å². The van der Waals surface area contributed by atoms with Crippen LogP contribution in [-0.4, -0.2) is 21.3 Å². The number of aliphatic carboxylic acids is 1. The van der Waals surface area contributed by atoms with E-state index in [1.165, 1.54) is 0 Å². The first-order valence-electron chi connectivity index (χ1n) is 6.96. The van der Waals surface area contributed by atoms with Crippen LogP contribution in [0.15, 0.2) is 0 Å². The number of rotatable bonds is 13. The molecule has 106 valence electrons. The largest absolute Gasteiger partial charge is 0.481 e. The van der Waals surface area contributed by atoms with Crippen molar-refractivity contribution >= 4 is 34.3 Å². The van der Waals surface area contributed by atoms with E-state index in [9.17, 15) is 9.59 Å². The van der Waals surface area contributed by atoms with Crippen molar-refractivity contribution in [1.82, 2.24) is 0 Å². The third-order valence-electron chi connectivity index (χ3n) is 2.94. The van der Waals surface area contributed by atoms with Crippen molar-refractivity contribution in [2.24, 2.45) is 0 Å². The van der Waals surface area contributed by atoms with E-state index >= 15 is 0 Å². The van der Waals surface area contributed by atoms with Crippen molar-refractivity contribution < 1.29 is 14.7 Å². The number of unbranched alkanes of at least 4 members (excludes halogenated alkanes) is 6. The molecule has 0 heterocycles. The average Bonchev–Trinajstić information content (AvgIpc) is 2.32. The molecular weight excluding hydrogens is 343 g/mol. The zero-order chi connectivity index (χ0) is 13.6. The van der Waals surface area contributed by atoms with Crippen molar-refractivity contribution in [2.75, 3.05) is 4.43 Å². The van der Waals surface area contributed by atoms with Gasteiger partial charge in [0.15, 0.2) is 0 Å². The molecule has 0 rings (SSSR count). The molecule has 0 atom stereocenters. The van der Waals surface area contributed by atoms with Gasteiger partial charge >= 0.3 is 5.97 Å². The molecule has 0 amide bonds. The Morgan fingerprint density at radius 3 is 1.67 bits per heavy atom. The van der Waals surface area contributed by atoms with Crippen molar-refractivity contribution in [3.8, 4) is 0 Å². The number of hydrogen-bond donors (Lipinski definition) is 1. The molecule has 0 spiro atoms. The summed E-state index contributed by atoms with van der Waals surface area (Å²) in [5.74, 6) is -0.294. The van der Waals surface area contributed by atoms with Crippen LogP contribution in [0.1, 0.15) is 70.6 Å². The minimum atomic E-state index is -0.702. The number of halogens is 1. The smallest absolute Gasteiger partial charge is 0.303 e. The van der Waals surface area contributed by atoms with Crippen LogP contribution in [0.3, 0.4) is 0 Å². The number of ketones is 1. The number of carbonyl (C=O) groups excluding carboxylic acids is 1. The second-order valence-electron chi connectivity index (χ2n) is 4.70. The highest BCUT2D eigenvalue weighted by Crippen LogP contribution is 2.10. The maximum atomic E-state index is 11.5. The Morgan fingerprint density at radius 2 is 1.17 bits per heavy atom. The summed E-state index contributed by atoms with van der Waals surface area (Å²) in [4.78, 5) is 21.7. The topological polar surface area (TPSA) is 54.4 Å². The van der Waals surface area contributed by atoms with E-state index in [2.05, 4.69) is 22.6 Å². The predicted molar refractivity (Wildman–Crippen MR) is 82.3 cm³/mol.